The highest BCUT2D eigenvalue weighted by molar-refractivity contribution is 5.99. The molecule has 0 saturated carbocycles. The number of hydrogen-bond acceptors (Lipinski definition) is 9. The molecule has 0 bridgehead atoms. The number of carbonyl (C=O) groups excluding carboxylic acids is 1. The first-order valence-electron chi connectivity index (χ1n) is 9.58. The maximum Gasteiger partial charge on any atom is 0.340 e. The summed E-state index contributed by atoms with van der Waals surface area (Å²) in [5.41, 5.74) is -0.524. The summed E-state index contributed by atoms with van der Waals surface area (Å²) in [5, 5.41) is 25.8. The van der Waals surface area contributed by atoms with Gasteiger partial charge in [0.25, 0.3) is 11.4 Å². The van der Waals surface area contributed by atoms with E-state index in [1.54, 1.807) is 0 Å². The van der Waals surface area contributed by atoms with Crippen molar-refractivity contribution < 1.29 is 24.1 Å². The minimum absolute atomic E-state index is 0.114. The summed E-state index contributed by atoms with van der Waals surface area (Å²) in [4.78, 5) is 35.7. The molecule has 1 heterocycles. The minimum Gasteiger partial charge on any atom is -0.465 e. The van der Waals surface area contributed by atoms with Crippen LogP contribution in [0, 0.1) is 20.2 Å². The number of nitrogens with one attached hydrogen (secondary N) is 1. The number of non-ortho nitro benzene ring substituents is 1. The predicted octanol–water partition coefficient (Wildman–Crippen LogP) is 2.78. The third kappa shape index (κ3) is 5.13. The Balaban J connectivity index is 1.99. The molecule has 11 nitrogen and oxygen atoms in total. The molecule has 1 fully saturated rings. The van der Waals surface area contributed by atoms with Crippen molar-refractivity contribution in [1.82, 2.24) is 4.90 Å². The maximum absolute atomic E-state index is 12.3. The number of nitro benzene ring substituents is 2. The lowest BCUT2D eigenvalue weighted by Crippen LogP contribution is -2.41. The first-order chi connectivity index (χ1) is 14.9. The van der Waals surface area contributed by atoms with Crippen LogP contribution in [0.3, 0.4) is 0 Å². The molecule has 164 valence electrons. The average molecular weight is 430 g/mol. The predicted molar refractivity (Wildman–Crippen MR) is 111 cm³/mol. The highest BCUT2D eigenvalue weighted by Gasteiger charge is 2.30. The van der Waals surface area contributed by atoms with Crippen molar-refractivity contribution in [2.75, 3.05) is 45.3 Å². The number of hydrogen-bond donors (Lipinski definition) is 1. The third-order valence-corrected chi connectivity index (χ3v) is 5.06. The fourth-order valence-electron chi connectivity index (χ4n) is 3.54. The lowest BCUT2D eigenvalue weighted by atomic mass is 10.0. The molecule has 1 unspecified atom stereocenters. The number of nitrogens with zero attached hydrogens (tertiary/aromatic N) is 3. The van der Waals surface area contributed by atoms with E-state index in [0.717, 1.165) is 24.8 Å². The van der Waals surface area contributed by atoms with Gasteiger partial charge in [-0.15, -0.1) is 0 Å². The number of esters is 1. The summed E-state index contributed by atoms with van der Waals surface area (Å²) in [5.74, 6) is -0.906. The van der Waals surface area contributed by atoms with Gasteiger partial charge in [-0.05, 0) is 5.56 Å². The fourth-order valence-corrected chi connectivity index (χ4v) is 3.54. The third-order valence-electron chi connectivity index (χ3n) is 5.06. The topological polar surface area (TPSA) is 137 Å². The van der Waals surface area contributed by atoms with Crippen molar-refractivity contribution in [1.29, 1.82) is 0 Å². The van der Waals surface area contributed by atoms with Gasteiger partial charge < -0.3 is 14.8 Å². The molecule has 0 radical (unpaired) electrons. The maximum atomic E-state index is 12.3. The molecule has 0 spiro atoms. The van der Waals surface area contributed by atoms with Gasteiger partial charge in [-0.25, -0.2) is 4.79 Å². The Hall–Kier alpha value is -3.57. The van der Waals surface area contributed by atoms with E-state index in [2.05, 4.69) is 10.2 Å². The van der Waals surface area contributed by atoms with E-state index in [9.17, 15) is 25.0 Å². The van der Waals surface area contributed by atoms with Gasteiger partial charge >= 0.3 is 5.97 Å². The van der Waals surface area contributed by atoms with Gasteiger partial charge in [0.1, 0.15) is 5.69 Å². The molecule has 1 aliphatic rings. The number of ether oxygens (including phenoxy) is 2. The van der Waals surface area contributed by atoms with Crippen molar-refractivity contribution in [2.24, 2.45) is 0 Å². The second kappa shape index (κ2) is 9.96. The van der Waals surface area contributed by atoms with Crippen molar-refractivity contribution in [3.63, 3.8) is 0 Å². The van der Waals surface area contributed by atoms with Gasteiger partial charge in [0.2, 0.25) is 0 Å². The molecule has 0 aromatic heterocycles. The Labute approximate surface area is 177 Å². The van der Waals surface area contributed by atoms with E-state index in [0.29, 0.717) is 26.3 Å². The average Bonchev–Trinajstić information content (AvgIpc) is 2.79. The van der Waals surface area contributed by atoms with Crippen molar-refractivity contribution >= 4 is 23.0 Å². The van der Waals surface area contributed by atoms with Crippen molar-refractivity contribution in [3.05, 3.63) is 73.8 Å². The molecule has 1 aliphatic heterocycles. The SMILES string of the molecule is COC(=O)c1cc([N+](=O)[O-])cc([N+](=O)[O-])c1NCC(c1ccccc1)N1CCOCC1. The summed E-state index contributed by atoms with van der Waals surface area (Å²) < 4.78 is 10.1. The molecule has 0 aliphatic carbocycles. The normalized spacial score (nSPS) is 15.1. The van der Waals surface area contributed by atoms with Crippen LogP contribution in [0.2, 0.25) is 0 Å². The molecule has 3 rings (SSSR count). The number of carbonyl (C=O) groups is 1. The van der Waals surface area contributed by atoms with Crippen LogP contribution in [0.25, 0.3) is 0 Å². The first-order valence-corrected chi connectivity index (χ1v) is 9.58. The zero-order chi connectivity index (χ0) is 22.4. The Bertz CT molecular complexity index is 962. The van der Waals surface area contributed by atoms with E-state index in [1.165, 1.54) is 0 Å². The van der Waals surface area contributed by atoms with Crippen LogP contribution >= 0.6 is 0 Å². The van der Waals surface area contributed by atoms with E-state index >= 15 is 0 Å². The van der Waals surface area contributed by atoms with Crippen molar-refractivity contribution in [3.8, 4) is 0 Å². The lowest BCUT2D eigenvalue weighted by Gasteiger charge is -2.35. The van der Waals surface area contributed by atoms with Gasteiger partial charge in [-0.2, -0.15) is 0 Å². The molecule has 1 N–H and O–H groups in total. The first kappa shape index (κ1) is 22.1. The summed E-state index contributed by atoms with van der Waals surface area (Å²) in [7, 11) is 1.11. The summed E-state index contributed by atoms with van der Waals surface area (Å²) in [6.45, 7) is 2.70. The molecule has 0 amide bonds. The van der Waals surface area contributed by atoms with Gasteiger partial charge in [0.05, 0.1) is 47.8 Å². The number of rotatable bonds is 8. The standard InChI is InChI=1S/C20H22N4O7/c1-30-20(25)16-11-15(23(26)27)12-17(24(28)29)19(16)21-13-18(14-5-3-2-4-6-14)22-7-9-31-10-8-22/h2-6,11-12,18,21H,7-10,13H2,1H3. The largest absolute Gasteiger partial charge is 0.465 e. The van der Waals surface area contributed by atoms with Crippen LogP contribution in [0.1, 0.15) is 22.0 Å². The van der Waals surface area contributed by atoms with E-state index < -0.39 is 27.2 Å². The molecular weight excluding hydrogens is 408 g/mol. The van der Waals surface area contributed by atoms with Crippen molar-refractivity contribution in [2.45, 2.75) is 6.04 Å². The fraction of sp³-hybridized carbons (Fsp3) is 0.350. The zero-order valence-corrected chi connectivity index (χ0v) is 16.9. The molecule has 1 atom stereocenters. The van der Waals surface area contributed by atoms with Crippen LogP contribution < -0.4 is 5.32 Å². The van der Waals surface area contributed by atoms with Crippen LogP contribution in [0.15, 0.2) is 42.5 Å². The summed E-state index contributed by atoms with van der Waals surface area (Å²) in [6, 6.07) is 11.2. The van der Waals surface area contributed by atoms with E-state index in [-0.39, 0.29) is 23.8 Å². The monoisotopic (exact) mass is 430 g/mol. The number of benzene rings is 2. The van der Waals surface area contributed by atoms with Crippen LogP contribution in [-0.4, -0.2) is 60.7 Å². The van der Waals surface area contributed by atoms with Gasteiger partial charge in [0.15, 0.2) is 0 Å². The summed E-state index contributed by atoms with van der Waals surface area (Å²) in [6.07, 6.45) is 0. The smallest absolute Gasteiger partial charge is 0.340 e. The number of nitro groups is 2. The molecule has 2 aromatic rings. The summed E-state index contributed by atoms with van der Waals surface area (Å²) >= 11 is 0. The number of methoxy groups -OCH3 is 1. The lowest BCUT2D eigenvalue weighted by molar-refractivity contribution is -0.393. The Morgan fingerprint density at radius 2 is 1.84 bits per heavy atom. The van der Waals surface area contributed by atoms with E-state index in [1.807, 2.05) is 30.3 Å². The van der Waals surface area contributed by atoms with Gasteiger partial charge in [-0.1, -0.05) is 30.3 Å². The quantitative estimate of drug-likeness (QED) is 0.381. The Kier molecular flexibility index (Phi) is 7.11. The number of anilines is 1. The van der Waals surface area contributed by atoms with Crippen LogP contribution in [-0.2, 0) is 9.47 Å². The van der Waals surface area contributed by atoms with Crippen LogP contribution in [0.4, 0.5) is 17.1 Å². The molecular formula is C20H22N4O7. The molecule has 31 heavy (non-hydrogen) atoms. The van der Waals surface area contributed by atoms with E-state index in [4.69, 9.17) is 9.47 Å². The second-order valence-corrected chi connectivity index (χ2v) is 6.85. The second-order valence-electron chi connectivity index (χ2n) is 6.85. The van der Waals surface area contributed by atoms with Gasteiger partial charge in [-0.3, -0.25) is 25.1 Å². The Morgan fingerprint density at radius 1 is 1.16 bits per heavy atom. The highest BCUT2D eigenvalue weighted by Crippen LogP contribution is 2.35. The molecule has 1 saturated heterocycles. The Morgan fingerprint density at radius 3 is 2.42 bits per heavy atom. The minimum atomic E-state index is -0.906. The van der Waals surface area contributed by atoms with Gasteiger partial charge in [0, 0.05) is 25.7 Å². The molecule has 2 aromatic carbocycles. The highest BCUT2D eigenvalue weighted by atomic mass is 16.6. The zero-order valence-electron chi connectivity index (χ0n) is 16.9. The molecule has 11 heteroatoms. The number of morpholine rings is 1. The van der Waals surface area contributed by atoms with Crippen LogP contribution in [0.5, 0.6) is 0 Å².